The number of ether oxygens (including phenoxy) is 1. The third-order valence-electron chi connectivity index (χ3n) is 7.62. The van der Waals surface area contributed by atoms with E-state index in [1.165, 1.54) is 12.1 Å². The van der Waals surface area contributed by atoms with E-state index in [-0.39, 0.29) is 17.6 Å². The van der Waals surface area contributed by atoms with Gasteiger partial charge in [0.25, 0.3) is 0 Å². The van der Waals surface area contributed by atoms with Gasteiger partial charge < -0.3 is 19.9 Å². The summed E-state index contributed by atoms with van der Waals surface area (Å²) in [5, 5.41) is 12.3. The Morgan fingerprint density at radius 2 is 1.88 bits per heavy atom. The van der Waals surface area contributed by atoms with Gasteiger partial charge in [0.05, 0.1) is 23.3 Å². The van der Waals surface area contributed by atoms with Crippen molar-refractivity contribution in [2.24, 2.45) is 5.92 Å². The van der Waals surface area contributed by atoms with E-state index in [4.69, 9.17) is 4.74 Å². The molecule has 7 rings (SSSR count). The van der Waals surface area contributed by atoms with Crippen LogP contribution in [0.2, 0.25) is 0 Å². The summed E-state index contributed by atoms with van der Waals surface area (Å²) in [6.07, 6.45) is 7.03. The number of rotatable bonds is 9. The number of halogens is 1. The molecule has 0 aliphatic heterocycles. The summed E-state index contributed by atoms with van der Waals surface area (Å²) in [4.78, 5) is 26.7. The first kappa shape index (κ1) is 26.8. The lowest BCUT2D eigenvalue weighted by Gasteiger charge is -2.12. The van der Waals surface area contributed by atoms with Crippen molar-refractivity contribution >= 4 is 33.5 Å². The van der Waals surface area contributed by atoms with E-state index in [1.54, 1.807) is 18.6 Å². The monoisotopic (exact) mass is 575 g/mol. The maximum Gasteiger partial charge on any atom is 0.227 e. The first-order valence-corrected chi connectivity index (χ1v) is 14.2. The molecule has 0 spiro atoms. The number of anilines is 1. The molecular formula is C33H30FN7O2. The minimum atomic E-state index is -0.353. The highest BCUT2D eigenvalue weighted by Crippen LogP contribution is 2.36. The smallest absolute Gasteiger partial charge is 0.227 e. The number of aromatic nitrogens is 5. The van der Waals surface area contributed by atoms with E-state index in [0.29, 0.717) is 23.7 Å². The molecule has 1 aliphatic rings. The summed E-state index contributed by atoms with van der Waals surface area (Å²) >= 11 is 0. The van der Waals surface area contributed by atoms with Crippen molar-refractivity contribution in [2.75, 3.05) is 32.6 Å². The summed E-state index contributed by atoms with van der Waals surface area (Å²) in [6, 6.07) is 16.7. The third-order valence-corrected chi connectivity index (χ3v) is 7.62. The summed E-state index contributed by atoms with van der Waals surface area (Å²) < 4.78 is 20.5. The van der Waals surface area contributed by atoms with Gasteiger partial charge in [-0.05, 0) is 74.5 Å². The number of hydrogen-bond acceptors (Lipinski definition) is 6. The summed E-state index contributed by atoms with van der Waals surface area (Å²) in [5.74, 6) is 0.285. The van der Waals surface area contributed by atoms with Crippen LogP contribution in [0.1, 0.15) is 12.8 Å². The fourth-order valence-corrected chi connectivity index (χ4v) is 5.21. The number of carbonyl (C=O) groups is 1. The van der Waals surface area contributed by atoms with Crippen LogP contribution in [0.25, 0.3) is 55.6 Å². The van der Waals surface area contributed by atoms with Gasteiger partial charge in [-0.25, -0.2) is 9.37 Å². The van der Waals surface area contributed by atoms with Gasteiger partial charge in [-0.3, -0.25) is 14.9 Å². The largest absolute Gasteiger partial charge is 0.492 e. The zero-order chi connectivity index (χ0) is 29.5. The van der Waals surface area contributed by atoms with Gasteiger partial charge in [-0.1, -0.05) is 12.1 Å². The molecule has 0 radical (unpaired) electrons. The number of amides is 1. The molecule has 1 fully saturated rings. The second kappa shape index (κ2) is 11.0. The molecule has 0 saturated heterocycles. The predicted molar refractivity (Wildman–Crippen MR) is 165 cm³/mol. The lowest BCUT2D eigenvalue weighted by atomic mass is 10.0. The number of aromatic amines is 2. The molecule has 1 saturated carbocycles. The Hall–Kier alpha value is -5.09. The molecule has 2 aromatic carbocycles. The van der Waals surface area contributed by atoms with Crippen molar-refractivity contribution in [1.29, 1.82) is 0 Å². The van der Waals surface area contributed by atoms with Gasteiger partial charge >= 0.3 is 0 Å². The maximum atomic E-state index is 14.7. The van der Waals surface area contributed by atoms with Crippen LogP contribution in [0, 0.1) is 11.7 Å². The number of nitrogens with zero attached hydrogens (tertiary/aromatic N) is 4. The number of fused-ring (bicyclic) bond motifs is 2. The van der Waals surface area contributed by atoms with Crippen molar-refractivity contribution in [3.05, 3.63) is 79.0 Å². The average Bonchev–Trinajstić information content (AvgIpc) is 3.62. The zero-order valence-electron chi connectivity index (χ0n) is 23.8. The third kappa shape index (κ3) is 5.56. The normalized spacial score (nSPS) is 13.2. The van der Waals surface area contributed by atoms with Crippen LogP contribution in [0.3, 0.4) is 0 Å². The Morgan fingerprint density at radius 1 is 1.02 bits per heavy atom. The van der Waals surface area contributed by atoms with Crippen molar-refractivity contribution in [2.45, 2.75) is 12.8 Å². The predicted octanol–water partition coefficient (Wildman–Crippen LogP) is 6.26. The quantitative estimate of drug-likeness (QED) is 0.188. The maximum absolute atomic E-state index is 14.7. The Labute approximate surface area is 247 Å². The highest BCUT2D eigenvalue weighted by Gasteiger charge is 2.29. The van der Waals surface area contributed by atoms with Gasteiger partial charge in [-0.2, -0.15) is 5.10 Å². The van der Waals surface area contributed by atoms with E-state index in [0.717, 1.165) is 69.3 Å². The number of nitrogens with one attached hydrogen (secondary N) is 3. The Bertz CT molecular complexity index is 1980. The van der Waals surface area contributed by atoms with Crippen LogP contribution in [0.15, 0.2) is 73.2 Å². The fourth-order valence-electron chi connectivity index (χ4n) is 5.21. The Balaban J connectivity index is 1.23. The minimum Gasteiger partial charge on any atom is -0.492 e. The molecule has 6 aromatic rings. The highest BCUT2D eigenvalue weighted by molar-refractivity contribution is 6.01. The molecule has 1 amide bonds. The SMILES string of the molecule is CN(C)CCOc1cc(F)cc(-c2cccc3[nH]c(-c4[nH]nc5ncc(-c6cncc(NC(=O)C7CC7)c6)cc45)cc23)c1. The number of pyridine rings is 2. The lowest BCUT2D eigenvalue weighted by molar-refractivity contribution is -0.117. The second-order valence-electron chi connectivity index (χ2n) is 11.2. The van der Waals surface area contributed by atoms with Crippen LogP contribution >= 0.6 is 0 Å². The zero-order valence-corrected chi connectivity index (χ0v) is 23.8. The van der Waals surface area contributed by atoms with E-state index in [2.05, 4.69) is 30.5 Å². The Kier molecular flexibility index (Phi) is 6.83. The van der Waals surface area contributed by atoms with Crippen molar-refractivity contribution in [1.82, 2.24) is 30.0 Å². The topological polar surface area (TPSA) is 112 Å². The van der Waals surface area contributed by atoms with Gasteiger partial charge in [0, 0.05) is 58.3 Å². The average molecular weight is 576 g/mol. The second-order valence-corrected chi connectivity index (χ2v) is 11.2. The first-order chi connectivity index (χ1) is 20.9. The Morgan fingerprint density at radius 3 is 2.72 bits per heavy atom. The number of carbonyl (C=O) groups excluding carboxylic acids is 1. The highest BCUT2D eigenvalue weighted by atomic mass is 19.1. The van der Waals surface area contributed by atoms with Gasteiger partial charge in [0.1, 0.15) is 18.2 Å². The van der Waals surface area contributed by atoms with E-state index >= 15 is 0 Å². The number of hydrogen-bond donors (Lipinski definition) is 3. The van der Waals surface area contributed by atoms with E-state index in [9.17, 15) is 9.18 Å². The van der Waals surface area contributed by atoms with Crippen molar-refractivity contribution in [3.63, 3.8) is 0 Å². The molecule has 216 valence electrons. The summed E-state index contributed by atoms with van der Waals surface area (Å²) in [7, 11) is 3.94. The van der Waals surface area contributed by atoms with Crippen molar-refractivity contribution < 1.29 is 13.9 Å². The number of benzene rings is 2. The molecule has 0 bridgehead atoms. The number of likely N-dealkylation sites (N-methyl/N-ethyl adjacent to an activating group) is 1. The van der Waals surface area contributed by atoms with Crippen LogP contribution in [-0.4, -0.2) is 63.2 Å². The molecule has 0 atom stereocenters. The van der Waals surface area contributed by atoms with E-state index in [1.807, 2.05) is 61.5 Å². The van der Waals surface area contributed by atoms with Crippen molar-refractivity contribution in [3.8, 4) is 39.4 Å². The first-order valence-electron chi connectivity index (χ1n) is 14.2. The number of H-pyrrole nitrogens is 2. The van der Waals surface area contributed by atoms with Crippen LogP contribution in [0.4, 0.5) is 10.1 Å². The van der Waals surface area contributed by atoms with Crippen LogP contribution in [-0.2, 0) is 4.79 Å². The molecule has 3 N–H and O–H groups in total. The molecular weight excluding hydrogens is 545 g/mol. The fraction of sp³-hybridized carbons (Fsp3) is 0.212. The van der Waals surface area contributed by atoms with Gasteiger partial charge in [-0.15, -0.1) is 0 Å². The van der Waals surface area contributed by atoms with E-state index < -0.39 is 0 Å². The molecule has 4 heterocycles. The van der Waals surface area contributed by atoms with Crippen LogP contribution < -0.4 is 10.1 Å². The lowest BCUT2D eigenvalue weighted by Crippen LogP contribution is -2.19. The molecule has 9 nitrogen and oxygen atoms in total. The molecule has 4 aromatic heterocycles. The van der Waals surface area contributed by atoms with Gasteiger partial charge in [0.2, 0.25) is 5.91 Å². The molecule has 0 unspecified atom stereocenters. The van der Waals surface area contributed by atoms with Gasteiger partial charge in [0.15, 0.2) is 5.65 Å². The summed E-state index contributed by atoms with van der Waals surface area (Å²) in [5.41, 5.74) is 7.05. The minimum absolute atomic E-state index is 0.0362. The standard InChI is InChI=1S/C33H30FN7O2/c1-41(2)8-9-43-25-12-20(10-23(34)14-25)26-4-3-5-29-27(26)15-30(38-29)31-28-13-22(17-36-32(28)40-39-31)21-11-24(18-35-16-21)37-33(42)19-6-7-19/h3-5,10-19,38H,6-9H2,1-2H3,(H,37,42)(H,36,39,40). The summed E-state index contributed by atoms with van der Waals surface area (Å²) in [6.45, 7) is 1.20. The molecule has 10 heteroatoms. The van der Waals surface area contributed by atoms with Crippen LogP contribution in [0.5, 0.6) is 5.75 Å². The molecule has 1 aliphatic carbocycles. The molecule has 43 heavy (non-hydrogen) atoms.